The average Bonchev–Trinajstić information content (AvgIpc) is 2.13. The third kappa shape index (κ3) is 12.6. The second kappa shape index (κ2) is 9.05. The van der Waals surface area contributed by atoms with Crippen LogP contribution in [0.1, 0.15) is 5.56 Å². The number of carbonyl (C=O) groups excluding carboxylic acids is 2. The van der Waals surface area contributed by atoms with Crippen molar-refractivity contribution in [3.8, 4) is 5.75 Å². The Morgan fingerprint density at radius 2 is 1.50 bits per heavy atom. The lowest BCUT2D eigenvalue weighted by atomic mass is 10.2. The fraction of sp³-hybridized carbons (Fsp3) is 0.111. The van der Waals surface area contributed by atoms with Crippen molar-refractivity contribution in [2.45, 2.75) is 6.92 Å². The first-order valence-electron chi connectivity index (χ1n) is 3.62. The number of rotatable bonds is 0. The summed E-state index contributed by atoms with van der Waals surface area (Å²) in [6.07, 6.45) is 0. The Bertz CT molecular complexity index is 234. The van der Waals surface area contributed by atoms with Gasteiger partial charge in [-0.15, -0.1) is 0 Å². The van der Waals surface area contributed by atoms with Crippen molar-refractivity contribution in [2.24, 2.45) is 11.5 Å². The van der Waals surface area contributed by atoms with Crippen molar-refractivity contribution in [3.63, 3.8) is 0 Å². The third-order valence-corrected chi connectivity index (χ3v) is 1.03. The first-order valence-corrected chi connectivity index (χ1v) is 3.62. The minimum Gasteiger partial charge on any atom is -0.508 e. The molecule has 0 saturated heterocycles. The molecule has 0 radical (unpaired) electrons. The number of phenols is 1. The van der Waals surface area contributed by atoms with Crippen molar-refractivity contribution in [3.05, 3.63) is 29.8 Å². The van der Waals surface area contributed by atoms with E-state index in [2.05, 4.69) is 11.5 Å². The summed E-state index contributed by atoms with van der Waals surface area (Å²) >= 11 is 0. The van der Waals surface area contributed by atoms with Gasteiger partial charge in [0, 0.05) is 0 Å². The summed E-state index contributed by atoms with van der Waals surface area (Å²) in [5.41, 5.74) is 9.67. The van der Waals surface area contributed by atoms with E-state index in [1.54, 1.807) is 12.1 Å². The Morgan fingerprint density at radius 3 is 1.71 bits per heavy atom. The molecule has 0 aliphatic rings. The number of amides is 2. The molecular formula is C9H14N2O3. The molecular weight excluding hydrogens is 184 g/mol. The largest absolute Gasteiger partial charge is 0.508 e. The summed E-state index contributed by atoms with van der Waals surface area (Å²) in [4.78, 5) is 17.0. The molecule has 0 atom stereocenters. The van der Waals surface area contributed by atoms with Gasteiger partial charge in [0.05, 0.1) is 0 Å². The number of hydrogen-bond donors (Lipinski definition) is 3. The molecule has 1 rings (SSSR count). The minimum atomic E-state index is -0.833. The van der Waals surface area contributed by atoms with Crippen molar-refractivity contribution in [1.82, 2.24) is 0 Å². The van der Waals surface area contributed by atoms with Crippen LogP contribution in [0.4, 0.5) is 4.79 Å². The molecule has 0 fully saturated rings. The lowest BCUT2D eigenvalue weighted by Gasteiger charge is -1.89. The standard InChI is InChI=1S/C7H8O.CH4N2O.CH2O/c1-6-2-4-7(8)5-3-6;2-1(3)4;1-2/h2-5,8H,1H3;(H4,2,3,4);1H2. The van der Waals surface area contributed by atoms with Crippen LogP contribution in [0, 0.1) is 6.92 Å². The lowest BCUT2D eigenvalue weighted by Crippen LogP contribution is -2.18. The minimum absolute atomic E-state index is 0.329. The summed E-state index contributed by atoms with van der Waals surface area (Å²) in [5.74, 6) is 0.329. The van der Waals surface area contributed by atoms with Crippen LogP contribution >= 0.6 is 0 Å². The van der Waals surface area contributed by atoms with Crippen LogP contribution < -0.4 is 11.5 Å². The molecule has 0 unspecified atom stereocenters. The molecule has 14 heavy (non-hydrogen) atoms. The predicted molar refractivity (Wildman–Crippen MR) is 53.7 cm³/mol. The molecule has 5 N–H and O–H groups in total. The highest BCUT2D eigenvalue weighted by molar-refractivity contribution is 5.69. The highest BCUT2D eigenvalue weighted by Gasteiger charge is 1.82. The molecule has 2 amide bonds. The number of carbonyl (C=O) groups is 2. The van der Waals surface area contributed by atoms with Crippen molar-refractivity contribution in [2.75, 3.05) is 0 Å². The highest BCUT2D eigenvalue weighted by atomic mass is 16.3. The zero-order valence-electron chi connectivity index (χ0n) is 7.93. The van der Waals surface area contributed by atoms with E-state index in [-0.39, 0.29) is 0 Å². The third-order valence-electron chi connectivity index (χ3n) is 1.03. The Labute approximate surface area is 82.3 Å². The number of phenolic OH excluding ortho intramolecular Hbond substituents is 1. The van der Waals surface area contributed by atoms with E-state index in [0.717, 1.165) is 0 Å². The van der Waals surface area contributed by atoms with Gasteiger partial charge in [0.2, 0.25) is 0 Å². The molecule has 0 spiro atoms. The zero-order chi connectivity index (χ0) is 11.6. The maximum Gasteiger partial charge on any atom is 0.309 e. The van der Waals surface area contributed by atoms with Gasteiger partial charge in [-0.05, 0) is 19.1 Å². The van der Waals surface area contributed by atoms with Gasteiger partial charge < -0.3 is 21.4 Å². The second-order valence-corrected chi connectivity index (χ2v) is 2.24. The molecule has 1 aromatic rings. The van der Waals surface area contributed by atoms with Gasteiger partial charge >= 0.3 is 6.03 Å². The van der Waals surface area contributed by atoms with Crippen LogP contribution in [0.3, 0.4) is 0 Å². The molecule has 0 aliphatic carbocycles. The van der Waals surface area contributed by atoms with E-state index in [0.29, 0.717) is 5.75 Å². The number of aromatic hydroxyl groups is 1. The fourth-order valence-electron chi connectivity index (χ4n) is 0.545. The van der Waals surface area contributed by atoms with E-state index in [1.807, 2.05) is 25.8 Å². The van der Waals surface area contributed by atoms with Crippen molar-refractivity contribution < 1.29 is 14.7 Å². The first kappa shape index (κ1) is 14.5. The Hall–Kier alpha value is -2.04. The number of benzene rings is 1. The molecule has 5 nitrogen and oxygen atoms in total. The number of urea groups is 1. The molecule has 5 heteroatoms. The van der Waals surface area contributed by atoms with Crippen molar-refractivity contribution >= 4 is 12.8 Å². The molecule has 0 bridgehead atoms. The average molecular weight is 198 g/mol. The number of nitrogens with two attached hydrogens (primary N) is 2. The van der Waals surface area contributed by atoms with Gasteiger partial charge in [0.15, 0.2) is 0 Å². The number of hydrogen-bond acceptors (Lipinski definition) is 3. The Kier molecular flexibility index (Phi) is 9.36. The van der Waals surface area contributed by atoms with Gasteiger partial charge in [-0.25, -0.2) is 4.79 Å². The van der Waals surface area contributed by atoms with Crippen molar-refractivity contribution in [1.29, 1.82) is 0 Å². The fourth-order valence-corrected chi connectivity index (χ4v) is 0.545. The van der Waals surface area contributed by atoms with Crippen LogP contribution in [0.2, 0.25) is 0 Å². The summed E-state index contributed by atoms with van der Waals surface area (Å²) < 4.78 is 0. The van der Waals surface area contributed by atoms with Crippen LogP contribution in [0.25, 0.3) is 0 Å². The number of primary amides is 2. The maximum atomic E-state index is 9.00. The topological polar surface area (TPSA) is 106 Å². The Morgan fingerprint density at radius 1 is 1.21 bits per heavy atom. The van der Waals surface area contributed by atoms with Gasteiger partial charge in [0.1, 0.15) is 12.5 Å². The van der Waals surface area contributed by atoms with E-state index in [9.17, 15) is 0 Å². The molecule has 0 saturated carbocycles. The van der Waals surface area contributed by atoms with Crippen LogP contribution in [-0.2, 0) is 4.79 Å². The second-order valence-electron chi connectivity index (χ2n) is 2.24. The molecule has 0 aromatic heterocycles. The quantitative estimate of drug-likeness (QED) is 0.566. The first-order chi connectivity index (χ1) is 6.52. The van der Waals surface area contributed by atoms with Gasteiger partial charge in [0.25, 0.3) is 0 Å². The normalized spacial score (nSPS) is 7.21. The monoisotopic (exact) mass is 198 g/mol. The SMILES string of the molecule is C=O.Cc1ccc(O)cc1.NC(N)=O. The van der Waals surface area contributed by atoms with Gasteiger partial charge in [-0.1, -0.05) is 17.7 Å². The number of aryl methyl sites for hydroxylation is 1. The molecule has 0 heterocycles. The van der Waals surface area contributed by atoms with E-state index in [4.69, 9.17) is 14.7 Å². The molecule has 0 aliphatic heterocycles. The summed E-state index contributed by atoms with van der Waals surface area (Å²) in [5, 5.41) is 8.76. The zero-order valence-corrected chi connectivity index (χ0v) is 7.93. The maximum absolute atomic E-state index is 9.00. The van der Waals surface area contributed by atoms with Crippen LogP contribution in [0.15, 0.2) is 24.3 Å². The van der Waals surface area contributed by atoms with Crippen LogP contribution in [0.5, 0.6) is 5.75 Å². The van der Waals surface area contributed by atoms with E-state index in [1.165, 1.54) is 5.56 Å². The van der Waals surface area contributed by atoms with E-state index >= 15 is 0 Å². The van der Waals surface area contributed by atoms with Gasteiger partial charge in [-0.2, -0.15) is 0 Å². The summed E-state index contributed by atoms with van der Waals surface area (Å²) in [6.45, 7) is 3.99. The van der Waals surface area contributed by atoms with Crippen LogP contribution in [-0.4, -0.2) is 17.9 Å². The molecule has 1 aromatic carbocycles. The predicted octanol–water partition coefficient (Wildman–Crippen LogP) is 0.540. The lowest BCUT2D eigenvalue weighted by molar-refractivity contribution is -0.0979. The summed E-state index contributed by atoms with van der Waals surface area (Å²) in [7, 11) is 0. The Balaban J connectivity index is 0. The van der Waals surface area contributed by atoms with Gasteiger partial charge in [-0.3, -0.25) is 0 Å². The molecule has 78 valence electrons. The summed E-state index contributed by atoms with van der Waals surface area (Å²) in [6, 6.07) is 6.26. The smallest absolute Gasteiger partial charge is 0.309 e. The highest BCUT2D eigenvalue weighted by Crippen LogP contribution is 2.07. The van der Waals surface area contributed by atoms with E-state index < -0.39 is 6.03 Å².